The molecule has 0 aromatic carbocycles. The fourth-order valence-electron chi connectivity index (χ4n) is 1.20. The highest BCUT2D eigenvalue weighted by atomic mass is 16.5. The molecule has 4 nitrogen and oxygen atoms in total. The quantitative estimate of drug-likeness (QED) is 0.592. The first kappa shape index (κ1) is 12.5. The molecule has 1 aromatic rings. The minimum Gasteiger partial charge on any atom is -0.478 e. The predicted octanol–water partition coefficient (Wildman–Crippen LogP) is 2.53. The van der Waals surface area contributed by atoms with E-state index >= 15 is 0 Å². The number of nitrogens with zero attached hydrogens (tertiary/aromatic N) is 2. The van der Waals surface area contributed by atoms with Crippen LogP contribution in [0.2, 0.25) is 0 Å². The van der Waals surface area contributed by atoms with Crippen LogP contribution in [0, 0.1) is 0 Å². The summed E-state index contributed by atoms with van der Waals surface area (Å²) < 4.78 is 5.50. The van der Waals surface area contributed by atoms with E-state index in [-0.39, 0.29) is 5.92 Å². The van der Waals surface area contributed by atoms with Crippen LogP contribution in [-0.2, 0) is 0 Å². The number of anilines is 1. The van der Waals surface area contributed by atoms with Gasteiger partial charge in [0.25, 0.3) is 0 Å². The van der Waals surface area contributed by atoms with E-state index in [9.17, 15) is 0 Å². The second-order valence-electron chi connectivity index (χ2n) is 3.92. The summed E-state index contributed by atoms with van der Waals surface area (Å²) >= 11 is 0. The Bertz CT molecular complexity index is 350. The molecule has 0 atom stereocenters. The van der Waals surface area contributed by atoms with Crippen LogP contribution in [0.25, 0.3) is 0 Å². The number of unbranched alkanes of at least 4 members (excludes halogenated alkanes) is 1. The Morgan fingerprint density at radius 3 is 2.88 bits per heavy atom. The third-order valence-electron chi connectivity index (χ3n) is 2.06. The molecule has 16 heavy (non-hydrogen) atoms. The third kappa shape index (κ3) is 3.88. The Hall–Kier alpha value is -1.58. The average molecular weight is 221 g/mol. The zero-order valence-electron chi connectivity index (χ0n) is 9.94. The molecule has 0 fully saturated rings. The van der Waals surface area contributed by atoms with Crippen molar-refractivity contribution in [3.8, 4) is 5.88 Å². The molecule has 0 amide bonds. The molecule has 4 heteroatoms. The molecule has 0 radical (unpaired) electrons. The maximum atomic E-state index is 5.68. The molecule has 0 bridgehead atoms. The lowest BCUT2D eigenvalue weighted by molar-refractivity contribution is 0.298. The van der Waals surface area contributed by atoms with Crippen LogP contribution < -0.4 is 10.5 Å². The van der Waals surface area contributed by atoms with E-state index in [0.717, 1.165) is 18.7 Å². The summed E-state index contributed by atoms with van der Waals surface area (Å²) in [7, 11) is 0. The molecule has 1 heterocycles. The number of ether oxygens (including phenoxy) is 1. The summed E-state index contributed by atoms with van der Waals surface area (Å²) in [4.78, 5) is 8.44. The van der Waals surface area contributed by atoms with Gasteiger partial charge in [0.1, 0.15) is 11.6 Å². The van der Waals surface area contributed by atoms with Crippen molar-refractivity contribution >= 4 is 5.82 Å². The lowest BCUT2D eigenvalue weighted by Gasteiger charge is -2.09. The Morgan fingerprint density at radius 2 is 2.25 bits per heavy atom. The lowest BCUT2D eigenvalue weighted by Crippen LogP contribution is -2.05. The predicted molar refractivity (Wildman–Crippen MR) is 65.5 cm³/mol. The zero-order valence-corrected chi connectivity index (χ0v) is 9.94. The second kappa shape index (κ2) is 6.10. The molecule has 88 valence electrons. The first-order chi connectivity index (χ1) is 7.63. The van der Waals surface area contributed by atoms with Crippen molar-refractivity contribution in [3.63, 3.8) is 0 Å². The van der Waals surface area contributed by atoms with Crippen molar-refractivity contribution in [3.05, 3.63) is 24.5 Å². The maximum absolute atomic E-state index is 5.68. The Labute approximate surface area is 96.6 Å². The van der Waals surface area contributed by atoms with E-state index in [1.807, 2.05) is 19.9 Å². The molecule has 0 aliphatic heterocycles. The molecular formula is C12H19N3O. The highest BCUT2D eigenvalue weighted by molar-refractivity contribution is 5.33. The van der Waals surface area contributed by atoms with Gasteiger partial charge in [-0.25, -0.2) is 4.98 Å². The molecule has 1 aromatic heterocycles. The minimum absolute atomic E-state index is 0.249. The van der Waals surface area contributed by atoms with Gasteiger partial charge in [-0.1, -0.05) is 19.9 Å². The number of rotatable bonds is 6. The summed E-state index contributed by atoms with van der Waals surface area (Å²) in [5.74, 6) is 1.98. The lowest BCUT2D eigenvalue weighted by atomic mass is 10.2. The van der Waals surface area contributed by atoms with Crippen LogP contribution in [0.15, 0.2) is 18.7 Å². The van der Waals surface area contributed by atoms with Gasteiger partial charge in [-0.05, 0) is 12.8 Å². The molecule has 1 rings (SSSR count). The van der Waals surface area contributed by atoms with Crippen LogP contribution >= 0.6 is 0 Å². The smallest absolute Gasteiger partial charge is 0.218 e. The van der Waals surface area contributed by atoms with E-state index in [1.54, 1.807) is 6.07 Å². The third-order valence-corrected chi connectivity index (χ3v) is 2.06. The summed E-state index contributed by atoms with van der Waals surface area (Å²) in [6.07, 6.45) is 3.75. The second-order valence-corrected chi connectivity index (χ2v) is 3.92. The molecule has 2 N–H and O–H groups in total. The van der Waals surface area contributed by atoms with Crippen molar-refractivity contribution in [2.45, 2.75) is 32.6 Å². The Balaban J connectivity index is 2.61. The van der Waals surface area contributed by atoms with Crippen molar-refractivity contribution in [2.75, 3.05) is 12.3 Å². The molecular weight excluding hydrogens is 202 g/mol. The summed E-state index contributed by atoms with van der Waals surface area (Å²) in [6.45, 7) is 8.33. The summed E-state index contributed by atoms with van der Waals surface area (Å²) in [6, 6.07) is 1.65. The van der Waals surface area contributed by atoms with Crippen LogP contribution in [0.1, 0.15) is 38.4 Å². The van der Waals surface area contributed by atoms with Crippen LogP contribution in [0.3, 0.4) is 0 Å². The molecule has 0 aliphatic rings. The average Bonchev–Trinajstić information content (AvgIpc) is 2.23. The number of aromatic nitrogens is 2. The fourth-order valence-corrected chi connectivity index (χ4v) is 1.20. The van der Waals surface area contributed by atoms with Crippen molar-refractivity contribution in [1.29, 1.82) is 0 Å². The van der Waals surface area contributed by atoms with Crippen molar-refractivity contribution in [1.82, 2.24) is 9.97 Å². The van der Waals surface area contributed by atoms with E-state index in [1.165, 1.54) is 0 Å². The Kier molecular flexibility index (Phi) is 4.76. The normalized spacial score (nSPS) is 10.4. The van der Waals surface area contributed by atoms with Crippen LogP contribution in [0.4, 0.5) is 5.82 Å². The topological polar surface area (TPSA) is 61.0 Å². The number of allylic oxidation sites excluding steroid dienone is 1. The Morgan fingerprint density at radius 1 is 1.50 bits per heavy atom. The van der Waals surface area contributed by atoms with Gasteiger partial charge in [-0.2, -0.15) is 4.98 Å². The van der Waals surface area contributed by atoms with Gasteiger partial charge < -0.3 is 10.5 Å². The highest BCUT2D eigenvalue weighted by Gasteiger charge is 2.06. The van der Waals surface area contributed by atoms with Gasteiger partial charge in [0.15, 0.2) is 0 Å². The standard InChI is InChI=1S/C12H19N3O/c1-4-5-6-7-16-11-8-10(13)14-12(15-11)9(2)3/h4,8-9H,1,5-7H2,2-3H3,(H2,13,14,15). The zero-order chi connectivity index (χ0) is 12.0. The number of nitrogen functional groups attached to an aromatic ring is 1. The van der Waals surface area contributed by atoms with Gasteiger partial charge in [-0.15, -0.1) is 6.58 Å². The van der Waals surface area contributed by atoms with Crippen molar-refractivity contribution in [2.24, 2.45) is 0 Å². The largest absolute Gasteiger partial charge is 0.478 e. The molecule has 0 aliphatic carbocycles. The SMILES string of the molecule is C=CCCCOc1cc(N)nc(C(C)C)n1. The van der Waals surface area contributed by atoms with E-state index < -0.39 is 0 Å². The first-order valence-electron chi connectivity index (χ1n) is 5.51. The van der Waals surface area contributed by atoms with Gasteiger partial charge in [0, 0.05) is 12.0 Å². The first-order valence-corrected chi connectivity index (χ1v) is 5.51. The monoisotopic (exact) mass is 221 g/mol. The fraction of sp³-hybridized carbons (Fsp3) is 0.500. The summed E-state index contributed by atoms with van der Waals surface area (Å²) in [5.41, 5.74) is 5.68. The van der Waals surface area contributed by atoms with Gasteiger partial charge in [0.2, 0.25) is 5.88 Å². The summed E-state index contributed by atoms with van der Waals surface area (Å²) in [5, 5.41) is 0. The van der Waals surface area contributed by atoms with E-state index in [4.69, 9.17) is 10.5 Å². The van der Waals surface area contributed by atoms with Crippen LogP contribution in [-0.4, -0.2) is 16.6 Å². The van der Waals surface area contributed by atoms with Crippen molar-refractivity contribution < 1.29 is 4.74 Å². The molecule has 0 unspecified atom stereocenters. The number of nitrogens with two attached hydrogens (primary N) is 1. The van der Waals surface area contributed by atoms with Gasteiger partial charge in [-0.3, -0.25) is 0 Å². The molecule has 0 spiro atoms. The minimum atomic E-state index is 0.249. The molecule has 0 saturated heterocycles. The number of hydrogen-bond donors (Lipinski definition) is 1. The van der Waals surface area contributed by atoms with Crippen LogP contribution in [0.5, 0.6) is 5.88 Å². The molecule has 0 saturated carbocycles. The van der Waals surface area contributed by atoms with Gasteiger partial charge >= 0.3 is 0 Å². The number of hydrogen-bond acceptors (Lipinski definition) is 4. The van der Waals surface area contributed by atoms with E-state index in [2.05, 4.69) is 16.5 Å². The van der Waals surface area contributed by atoms with Gasteiger partial charge in [0.05, 0.1) is 6.61 Å². The maximum Gasteiger partial charge on any atom is 0.218 e. The van der Waals surface area contributed by atoms with E-state index in [0.29, 0.717) is 18.3 Å². The highest BCUT2D eigenvalue weighted by Crippen LogP contribution is 2.16.